The van der Waals surface area contributed by atoms with E-state index < -0.39 is 11.7 Å². The Morgan fingerprint density at radius 2 is 1.64 bits per heavy atom. The van der Waals surface area contributed by atoms with E-state index in [0.29, 0.717) is 44.0 Å². The maximum absolute atomic E-state index is 15.2. The molecule has 7 nitrogen and oxygen atoms in total. The van der Waals surface area contributed by atoms with Gasteiger partial charge in [0.15, 0.2) is 0 Å². The molecule has 1 saturated heterocycles. The molecule has 5 fully saturated rings. The highest BCUT2D eigenvalue weighted by molar-refractivity contribution is 6.05. The van der Waals surface area contributed by atoms with Gasteiger partial charge in [0.05, 0.1) is 16.8 Å². The second-order valence-electron chi connectivity index (χ2n) is 13.3. The number of pyridine rings is 1. The maximum Gasteiger partial charge on any atom is 0.258 e. The third-order valence-electron chi connectivity index (χ3n) is 10.1. The standard InChI is InChI=1S/C36H38FN5O2/c37-31-19-24(23-41-12-14-42(15-13-41)35(44)30-5-3-11-39-33(30)38)7-8-29(31)34(43)40-32-6-2-1-4-28(32)9-10-36-20-25-16-26(21-36)18-27(17-25)22-36/h1-8,11,19,25-27H,12-18,20-23H2,(H2,38,39)(H,40,43). The van der Waals surface area contributed by atoms with Crippen LogP contribution >= 0.6 is 0 Å². The lowest BCUT2D eigenvalue weighted by molar-refractivity contribution is -0.0181. The van der Waals surface area contributed by atoms with Crippen LogP contribution in [-0.4, -0.2) is 52.8 Å². The van der Waals surface area contributed by atoms with E-state index >= 15 is 4.39 Å². The maximum atomic E-state index is 15.2. The third kappa shape index (κ3) is 5.81. The Labute approximate surface area is 258 Å². The molecule has 4 saturated carbocycles. The molecule has 44 heavy (non-hydrogen) atoms. The Hall–Kier alpha value is -4.22. The molecule has 4 bridgehead atoms. The number of nitrogens with one attached hydrogen (secondary N) is 1. The van der Waals surface area contributed by atoms with E-state index in [1.54, 1.807) is 35.4 Å². The normalized spacial score (nSPS) is 25.8. The van der Waals surface area contributed by atoms with Crippen LogP contribution in [0.3, 0.4) is 0 Å². The van der Waals surface area contributed by atoms with Crippen LogP contribution in [0.1, 0.15) is 70.4 Å². The number of benzene rings is 2. The lowest BCUT2D eigenvalue weighted by Crippen LogP contribution is -2.48. The number of nitrogen functional groups attached to an aromatic ring is 1. The van der Waals surface area contributed by atoms with Gasteiger partial charge in [0.2, 0.25) is 0 Å². The molecule has 226 valence electrons. The van der Waals surface area contributed by atoms with Crippen LogP contribution in [-0.2, 0) is 6.54 Å². The summed E-state index contributed by atoms with van der Waals surface area (Å²) in [5.74, 6) is 8.61. The van der Waals surface area contributed by atoms with Crippen LogP contribution < -0.4 is 11.1 Å². The van der Waals surface area contributed by atoms with Crippen LogP contribution in [0.25, 0.3) is 0 Å². The summed E-state index contributed by atoms with van der Waals surface area (Å²) in [6.45, 7) is 2.91. The van der Waals surface area contributed by atoms with Gasteiger partial charge in [-0.2, -0.15) is 0 Å². The van der Waals surface area contributed by atoms with Crippen LogP contribution in [0.5, 0.6) is 0 Å². The minimum absolute atomic E-state index is 0.00192. The summed E-state index contributed by atoms with van der Waals surface area (Å²) in [4.78, 5) is 34.0. The number of hydrogen-bond donors (Lipinski definition) is 2. The smallest absolute Gasteiger partial charge is 0.258 e. The number of carbonyl (C=O) groups excluding carboxylic acids is 2. The van der Waals surface area contributed by atoms with Crippen molar-refractivity contribution >= 4 is 23.3 Å². The Morgan fingerprint density at radius 3 is 2.32 bits per heavy atom. The number of piperazine rings is 1. The number of nitrogens with zero attached hydrogens (tertiary/aromatic N) is 3. The van der Waals surface area contributed by atoms with Gasteiger partial charge >= 0.3 is 0 Å². The summed E-state index contributed by atoms with van der Waals surface area (Å²) in [5, 5.41) is 2.92. The van der Waals surface area contributed by atoms with Crippen LogP contribution in [0.15, 0.2) is 60.8 Å². The van der Waals surface area contributed by atoms with Crippen LogP contribution in [0.4, 0.5) is 15.9 Å². The van der Waals surface area contributed by atoms with E-state index in [1.165, 1.54) is 44.6 Å². The van der Waals surface area contributed by atoms with Crippen molar-refractivity contribution in [2.75, 3.05) is 37.2 Å². The van der Waals surface area contributed by atoms with Gasteiger partial charge in [-0.1, -0.05) is 30.0 Å². The quantitative estimate of drug-likeness (QED) is 0.378. The predicted octanol–water partition coefficient (Wildman–Crippen LogP) is 5.58. The minimum atomic E-state index is -0.557. The summed E-state index contributed by atoms with van der Waals surface area (Å²) >= 11 is 0. The first kappa shape index (κ1) is 28.5. The van der Waals surface area contributed by atoms with Crippen molar-refractivity contribution < 1.29 is 14.0 Å². The molecule has 2 amide bonds. The van der Waals surface area contributed by atoms with E-state index in [2.05, 4.69) is 27.0 Å². The Balaban J connectivity index is 0.975. The molecule has 0 spiro atoms. The molecule has 0 atom stereocenters. The van der Waals surface area contributed by atoms with Gasteiger partial charge in [0, 0.05) is 49.9 Å². The summed E-state index contributed by atoms with van der Waals surface area (Å²) in [6.07, 6.45) is 9.29. The number of aromatic nitrogens is 1. The average Bonchev–Trinajstić information content (AvgIpc) is 3.00. The van der Waals surface area contributed by atoms with Crippen molar-refractivity contribution in [3.05, 3.63) is 88.9 Å². The number of rotatable bonds is 5. The van der Waals surface area contributed by atoms with E-state index in [9.17, 15) is 9.59 Å². The highest BCUT2D eigenvalue weighted by Crippen LogP contribution is 2.59. The number of anilines is 2. The molecular weight excluding hydrogens is 553 g/mol. The highest BCUT2D eigenvalue weighted by atomic mass is 19.1. The lowest BCUT2D eigenvalue weighted by atomic mass is 9.50. The average molecular weight is 592 g/mol. The molecule has 3 N–H and O–H groups in total. The SMILES string of the molecule is Nc1ncccc1C(=O)N1CCN(Cc2ccc(C(=O)Nc3ccccc3C#CC34CC5CC(CC(C5)C3)C4)c(F)c2)CC1. The second kappa shape index (κ2) is 11.7. The molecule has 1 aliphatic heterocycles. The topological polar surface area (TPSA) is 91.6 Å². The first-order valence-electron chi connectivity index (χ1n) is 15.8. The number of para-hydroxylation sites is 1. The second-order valence-corrected chi connectivity index (χ2v) is 13.3. The largest absolute Gasteiger partial charge is 0.383 e. The van der Waals surface area contributed by atoms with E-state index in [4.69, 9.17) is 5.73 Å². The zero-order valence-corrected chi connectivity index (χ0v) is 24.9. The van der Waals surface area contributed by atoms with Crippen molar-refractivity contribution in [3.8, 4) is 11.8 Å². The molecule has 0 unspecified atom stereocenters. The van der Waals surface area contributed by atoms with Gasteiger partial charge in [-0.25, -0.2) is 9.37 Å². The summed E-state index contributed by atoms with van der Waals surface area (Å²) < 4.78 is 15.2. The Kier molecular flexibility index (Phi) is 7.59. The number of amides is 2. The molecule has 2 aromatic carbocycles. The molecule has 0 radical (unpaired) electrons. The molecule has 3 aromatic rings. The fourth-order valence-corrected chi connectivity index (χ4v) is 8.33. The fraction of sp³-hybridized carbons (Fsp3) is 0.417. The van der Waals surface area contributed by atoms with Gasteiger partial charge < -0.3 is 16.0 Å². The lowest BCUT2D eigenvalue weighted by Gasteiger charge is -2.54. The number of halogens is 1. The van der Waals surface area contributed by atoms with Crippen molar-refractivity contribution in [2.45, 2.75) is 45.1 Å². The minimum Gasteiger partial charge on any atom is -0.383 e. The Bertz CT molecular complexity index is 1620. The monoisotopic (exact) mass is 591 g/mol. The van der Waals surface area contributed by atoms with Gasteiger partial charge in [-0.15, -0.1) is 0 Å². The van der Waals surface area contributed by atoms with Crippen LogP contribution in [0, 0.1) is 40.8 Å². The van der Waals surface area contributed by atoms with Gasteiger partial charge in [0.1, 0.15) is 11.6 Å². The first-order valence-corrected chi connectivity index (χ1v) is 15.8. The molecule has 2 heterocycles. The number of nitrogens with two attached hydrogens (primary N) is 1. The summed E-state index contributed by atoms with van der Waals surface area (Å²) in [5.41, 5.74) is 8.57. The van der Waals surface area contributed by atoms with Gasteiger partial charge in [-0.05, 0) is 98.2 Å². The summed E-state index contributed by atoms with van der Waals surface area (Å²) in [7, 11) is 0. The molecular formula is C36H38FN5O2. The molecule has 8 rings (SSSR count). The number of carbonyl (C=O) groups is 2. The van der Waals surface area contributed by atoms with Crippen molar-refractivity contribution in [2.24, 2.45) is 23.2 Å². The molecule has 8 heteroatoms. The van der Waals surface area contributed by atoms with E-state index in [0.717, 1.165) is 28.9 Å². The van der Waals surface area contributed by atoms with E-state index in [1.807, 2.05) is 24.3 Å². The van der Waals surface area contributed by atoms with Crippen molar-refractivity contribution in [1.82, 2.24) is 14.8 Å². The molecule has 1 aromatic heterocycles. The predicted molar refractivity (Wildman–Crippen MR) is 168 cm³/mol. The van der Waals surface area contributed by atoms with Crippen molar-refractivity contribution in [1.29, 1.82) is 0 Å². The first-order chi connectivity index (χ1) is 21.3. The zero-order valence-electron chi connectivity index (χ0n) is 24.9. The zero-order chi connectivity index (χ0) is 30.3. The Morgan fingerprint density at radius 1 is 0.932 bits per heavy atom. The molecule has 5 aliphatic rings. The van der Waals surface area contributed by atoms with Gasteiger partial charge in [0.25, 0.3) is 11.8 Å². The number of hydrogen-bond acceptors (Lipinski definition) is 5. The fourth-order valence-electron chi connectivity index (χ4n) is 8.33. The van der Waals surface area contributed by atoms with Crippen molar-refractivity contribution in [3.63, 3.8) is 0 Å². The third-order valence-corrected chi connectivity index (χ3v) is 10.1. The van der Waals surface area contributed by atoms with Gasteiger partial charge in [-0.3, -0.25) is 14.5 Å². The van der Waals surface area contributed by atoms with Crippen LogP contribution in [0.2, 0.25) is 0 Å². The molecule has 4 aliphatic carbocycles. The highest BCUT2D eigenvalue weighted by Gasteiger charge is 2.50. The summed E-state index contributed by atoms with van der Waals surface area (Å²) in [6, 6.07) is 15.7. The van der Waals surface area contributed by atoms with E-state index in [-0.39, 0.29) is 22.7 Å².